The first-order valence-electron chi connectivity index (χ1n) is 35.4. The van der Waals surface area contributed by atoms with Crippen LogP contribution in [0, 0.1) is 68.6 Å². The van der Waals surface area contributed by atoms with Gasteiger partial charge in [0.1, 0.15) is 68.1 Å². The molecule has 1 saturated heterocycles. The number of amides is 2. The zero-order valence-corrected chi connectivity index (χ0v) is 68.9. The molecule has 4 aliphatic heterocycles. The van der Waals surface area contributed by atoms with E-state index in [9.17, 15) is 27.2 Å². The second-order valence-corrected chi connectivity index (χ2v) is 30.6. The summed E-state index contributed by atoms with van der Waals surface area (Å²) < 4.78 is 96.0. The first-order chi connectivity index (χ1) is 53.2. The van der Waals surface area contributed by atoms with Gasteiger partial charge in [0.2, 0.25) is 17.6 Å². The highest BCUT2D eigenvalue weighted by molar-refractivity contribution is 9.11. The molecule has 0 spiro atoms. The predicted molar refractivity (Wildman–Crippen MR) is 432 cm³/mol. The third-order valence-electron chi connectivity index (χ3n) is 16.9. The van der Waals surface area contributed by atoms with E-state index in [1.807, 2.05) is 142 Å². The lowest BCUT2D eigenvalue weighted by Gasteiger charge is -2.32. The predicted octanol–water partition coefficient (Wildman–Crippen LogP) is 17.8. The zero-order valence-electron chi connectivity index (χ0n) is 64.2. The number of carbonyl (C=O) groups is 2. The van der Waals surface area contributed by atoms with E-state index in [0.717, 1.165) is 63.6 Å². The number of carbonyl (C=O) groups excluding carboxylic acids is 2. The summed E-state index contributed by atoms with van der Waals surface area (Å²) in [6, 6.07) is 46.3. The second kappa shape index (κ2) is 43.7. The van der Waals surface area contributed by atoms with Crippen LogP contribution in [0.3, 0.4) is 0 Å². The van der Waals surface area contributed by atoms with Crippen molar-refractivity contribution in [3.05, 3.63) is 262 Å². The number of aliphatic hydroxyl groups is 1. The van der Waals surface area contributed by atoms with E-state index < -0.39 is 34.5 Å². The largest absolute Gasteiger partial charge is 1.00 e. The van der Waals surface area contributed by atoms with E-state index in [4.69, 9.17) is 59.1 Å². The van der Waals surface area contributed by atoms with Crippen molar-refractivity contribution in [3.8, 4) is 41.9 Å². The van der Waals surface area contributed by atoms with Gasteiger partial charge in [-0.05, 0) is 238 Å². The van der Waals surface area contributed by atoms with Gasteiger partial charge in [-0.3, -0.25) is 0 Å². The van der Waals surface area contributed by atoms with Gasteiger partial charge in [-0.15, -0.1) is 0 Å². The first-order valence-corrected chi connectivity index (χ1v) is 37.7. The lowest BCUT2D eigenvalue weighted by molar-refractivity contribution is 0.00578. The van der Waals surface area contributed by atoms with Crippen LogP contribution in [-0.2, 0) is 45.2 Å². The summed E-state index contributed by atoms with van der Waals surface area (Å²) >= 11 is 9.66. The van der Waals surface area contributed by atoms with Crippen molar-refractivity contribution < 1.29 is 65.3 Å². The van der Waals surface area contributed by atoms with Gasteiger partial charge in [0.25, 0.3) is 0 Å². The fraction of sp³-hybridized carbons (Fsp3) is 0.325. The van der Waals surface area contributed by atoms with Crippen LogP contribution in [0.4, 0.5) is 27.2 Å². The van der Waals surface area contributed by atoms with Gasteiger partial charge in [-0.2, -0.15) is 21.0 Å². The van der Waals surface area contributed by atoms with Gasteiger partial charge < -0.3 is 61.6 Å². The van der Waals surface area contributed by atoms with Crippen molar-refractivity contribution in [3.63, 3.8) is 0 Å². The molecule has 2 amide bonds. The molecule has 4 radical (unpaired) electrons. The molecule has 2 N–H and O–H groups in total. The van der Waals surface area contributed by atoms with Crippen LogP contribution in [0.25, 0.3) is 11.1 Å². The third-order valence-corrected chi connectivity index (χ3v) is 18.2. The summed E-state index contributed by atoms with van der Waals surface area (Å²) in [6.45, 7) is 23.1. The highest BCUT2D eigenvalue weighted by Crippen LogP contribution is 2.40. The molecule has 8 aromatic rings. The van der Waals surface area contributed by atoms with Crippen molar-refractivity contribution in [2.45, 2.75) is 137 Å². The standard InChI is InChI=1S/C23H24FN3O3.C18H16FN3O.C16H28BNO4.C13H8BrFN2O.C8H6FNO.C5H3Br2N.B/c1-23(2,3)30-22(28)27-11-9-17(10-12-27)20-5-4-6-21(26-20)29-15-18-8-7-16(14-25)13-19(18)24;19-16-10-13(11-20)4-5-15(16)12-23-18-3-1-2-17(22-18)14-6-8-21-9-7-14;1-14(2,3)20-13(19)18-10-8-12(9-11-18)17-21-15(4,5)16(6,7)22-17;14-12-2-1-3-13(17-12)18-8-10-5-4-9(7-16)6-11(10)15;9-8-3-6(4-10)1-2-7(8)5-11;6-4-2-1-3-5(7)8-4;/h4-9,13H,10-12,15H2,1-3H3;1-6,10,21H,7-9,12H2;8H,9-11H2,1-7H3;1-6H,8H2;1-3,11H,5H2;1-3H;/q;;;;;;-1. The number of aromatic nitrogens is 4. The highest BCUT2D eigenvalue weighted by atomic mass is 79.9. The van der Waals surface area contributed by atoms with Crippen LogP contribution in [0.1, 0.15) is 144 Å². The molecule has 588 valence electrons. The molecule has 21 nitrogen and oxygen atoms in total. The molecule has 12 rings (SSSR count). The Labute approximate surface area is 684 Å². The number of nitrogens with zero attached hydrogens (tertiary/aromatic N) is 10. The Morgan fingerprint density at radius 3 is 1.19 bits per heavy atom. The van der Waals surface area contributed by atoms with Crippen LogP contribution in [-0.4, -0.2) is 124 Å². The quantitative estimate of drug-likeness (QED) is 0.0616. The molecule has 30 heteroatoms. The Kier molecular flexibility index (Phi) is 35.4. The molecule has 1 fully saturated rings. The maximum Gasteiger partial charge on any atom is 0.490 e. The third kappa shape index (κ3) is 30.0. The number of rotatable bonds is 13. The van der Waals surface area contributed by atoms with Crippen LogP contribution < -0.4 is 19.5 Å². The number of aliphatic hydroxyl groups excluding tert-OH is 1. The SMILES string of the molecule is Brc1cccc(Br)n1.CC(C)(C)OC(=O)N1CC=C(B2OC(C)(C)C(C)(C)O2)CC1.CC(C)(C)OC(=O)N1CC=C(c2cccc(OCc3ccc(C#N)cc3F)n2)CC1.N#Cc1ccc(CO)c(F)c1.N#Cc1ccc(COc2cccc(Br)n2)c(F)c1.N#Cc1ccc(COc2cccc(C3=CCNCC3)n2)c(F)c1.[B-]. The molecule has 0 saturated carbocycles. The molecule has 8 heterocycles. The zero-order chi connectivity index (χ0) is 81.8. The Balaban J connectivity index is 0.000000219. The number of hydrogen-bond donors (Lipinski definition) is 2. The number of benzene rings is 4. The summed E-state index contributed by atoms with van der Waals surface area (Å²) in [4.78, 5) is 44.7. The maximum atomic E-state index is 14.0. The summed E-state index contributed by atoms with van der Waals surface area (Å²) in [5.74, 6) is -0.662. The molecule has 0 aliphatic carbocycles. The van der Waals surface area contributed by atoms with Crippen LogP contribution >= 0.6 is 47.8 Å². The maximum absolute atomic E-state index is 14.0. The van der Waals surface area contributed by atoms with E-state index in [0.29, 0.717) is 77.1 Å². The van der Waals surface area contributed by atoms with Gasteiger partial charge in [-0.25, -0.2) is 47.1 Å². The molecule has 113 heavy (non-hydrogen) atoms. The highest BCUT2D eigenvalue weighted by Gasteiger charge is 2.52. The van der Waals surface area contributed by atoms with E-state index >= 15 is 0 Å². The van der Waals surface area contributed by atoms with E-state index in [2.05, 4.69) is 79.1 Å². The first kappa shape index (κ1) is 91.6. The molecule has 0 atom stereocenters. The molecule has 0 unspecified atom stereocenters. The smallest absolute Gasteiger partial charge is 0.490 e. The molecule has 4 aliphatic rings. The summed E-state index contributed by atoms with van der Waals surface area (Å²) in [6.07, 6.45) is 7.84. The number of nitrogens with one attached hydrogen (secondary N) is 1. The van der Waals surface area contributed by atoms with E-state index in [-0.39, 0.29) is 87.6 Å². The summed E-state index contributed by atoms with van der Waals surface area (Å²) in [5, 5.41) is 46.4. The van der Waals surface area contributed by atoms with Crippen molar-refractivity contribution in [1.82, 2.24) is 35.1 Å². The van der Waals surface area contributed by atoms with E-state index in [1.165, 1.54) is 48.0 Å². The molecule has 4 aromatic carbocycles. The molecular weight excluding hydrogens is 1650 g/mol. The van der Waals surface area contributed by atoms with Gasteiger partial charge in [0.05, 0.1) is 75.7 Å². The minimum absolute atomic E-state index is 0. The number of nitriles is 4. The van der Waals surface area contributed by atoms with Crippen LogP contribution in [0.15, 0.2) is 183 Å². The Morgan fingerprint density at radius 2 is 0.876 bits per heavy atom. The molecule has 0 bridgehead atoms. The number of hydrogen-bond acceptors (Lipinski definition) is 19. The lowest BCUT2D eigenvalue weighted by Crippen LogP contribution is -2.41. The fourth-order valence-electron chi connectivity index (χ4n) is 10.2. The Bertz CT molecular complexity index is 4830. The van der Waals surface area contributed by atoms with Crippen molar-refractivity contribution in [1.29, 1.82) is 21.0 Å². The van der Waals surface area contributed by atoms with Gasteiger partial charge in [0, 0.05) is 73.2 Å². The normalized spacial score (nSPS) is 14.4. The van der Waals surface area contributed by atoms with E-state index in [1.54, 1.807) is 70.5 Å². The molecule has 4 aromatic heterocycles. The summed E-state index contributed by atoms with van der Waals surface area (Å²) in [7, 11) is -0.314. The number of ether oxygens (including phenoxy) is 5. The average Bonchev–Trinajstić information content (AvgIpc) is 1.63. The van der Waals surface area contributed by atoms with Gasteiger partial charge in [0.15, 0.2) is 0 Å². The minimum Gasteiger partial charge on any atom is -1.00 e. The monoisotopic (exact) mass is 1730 g/mol. The van der Waals surface area contributed by atoms with Crippen LogP contribution in [0.2, 0.25) is 0 Å². The Hall–Kier alpha value is -10.3. The summed E-state index contributed by atoms with van der Waals surface area (Å²) in [5.41, 5.74) is 5.78. The fourth-order valence-corrected chi connectivity index (χ4v) is 11.5. The van der Waals surface area contributed by atoms with Gasteiger partial charge in [-0.1, -0.05) is 66.8 Å². The second-order valence-electron chi connectivity index (χ2n) is 28.1. The number of pyridine rings is 4. The van der Waals surface area contributed by atoms with Crippen molar-refractivity contribution in [2.24, 2.45) is 0 Å². The van der Waals surface area contributed by atoms with Crippen molar-refractivity contribution >= 4 is 86.7 Å². The van der Waals surface area contributed by atoms with Crippen molar-refractivity contribution in [2.75, 3.05) is 39.3 Å². The average molecular weight is 1730 g/mol. The van der Waals surface area contributed by atoms with Crippen LogP contribution in [0.5, 0.6) is 17.6 Å². The van der Waals surface area contributed by atoms with Gasteiger partial charge >= 0.3 is 19.3 Å². The number of halogens is 7. The molecular formula is C83H85B2Br3F4N11O10-. The Morgan fingerprint density at radius 1 is 0.513 bits per heavy atom. The minimum atomic E-state index is -0.536. The topological polar surface area (TPSA) is 284 Å². The lowest BCUT2D eigenvalue weighted by atomic mass is 9.75.